The Bertz CT molecular complexity index is 264. The Morgan fingerprint density at radius 3 is 2.53 bits per heavy atom. The van der Waals surface area contributed by atoms with Crippen LogP contribution in [0, 0.1) is 0 Å². The highest BCUT2D eigenvalue weighted by atomic mass is 16.5. The number of hydrogen-bond acceptors (Lipinski definition) is 3. The van der Waals surface area contributed by atoms with E-state index >= 15 is 0 Å². The summed E-state index contributed by atoms with van der Waals surface area (Å²) in [5.74, 6) is 0. The van der Waals surface area contributed by atoms with Crippen molar-refractivity contribution in [3.05, 3.63) is 35.9 Å². The van der Waals surface area contributed by atoms with Crippen LogP contribution in [-0.4, -0.2) is 31.4 Å². The van der Waals surface area contributed by atoms with Crippen molar-refractivity contribution in [1.82, 2.24) is 5.32 Å². The highest BCUT2D eigenvalue weighted by molar-refractivity contribution is 5.18. The molecule has 0 saturated heterocycles. The van der Waals surface area contributed by atoms with Crippen LogP contribution in [-0.2, 0) is 4.74 Å². The Balaban J connectivity index is 2.63. The van der Waals surface area contributed by atoms with E-state index in [9.17, 15) is 0 Å². The van der Waals surface area contributed by atoms with Crippen molar-refractivity contribution in [2.24, 2.45) is 0 Å². The van der Waals surface area contributed by atoms with Gasteiger partial charge in [-0.3, -0.25) is 0 Å². The third-order valence-corrected chi connectivity index (χ3v) is 2.41. The van der Waals surface area contributed by atoms with Crippen molar-refractivity contribution in [2.75, 3.05) is 20.3 Å². The molecule has 0 saturated carbocycles. The first kappa shape index (κ1) is 12.2. The van der Waals surface area contributed by atoms with E-state index in [1.54, 1.807) is 7.11 Å². The smallest absolute Gasteiger partial charge is 0.0971 e. The molecule has 0 amide bonds. The van der Waals surface area contributed by atoms with E-state index in [4.69, 9.17) is 9.84 Å². The third-order valence-electron chi connectivity index (χ3n) is 2.41. The number of aliphatic hydroxyl groups is 1. The van der Waals surface area contributed by atoms with Gasteiger partial charge in [-0.1, -0.05) is 30.3 Å². The van der Waals surface area contributed by atoms with Crippen molar-refractivity contribution in [1.29, 1.82) is 0 Å². The quantitative estimate of drug-likeness (QED) is 0.743. The fourth-order valence-electron chi connectivity index (χ4n) is 1.67. The van der Waals surface area contributed by atoms with E-state index in [1.165, 1.54) is 0 Å². The van der Waals surface area contributed by atoms with Crippen LogP contribution in [0.4, 0.5) is 0 Å². The van der Waals surface area contributed by atoms with Crippen molar-refractivity contribution < 1.29 is 9.84 Å². The highest BCUT2D eigenvalue weighted by Gasteiger charge is 2.17. The van der Waals surface area contributed by atoms with Crippen LogP contribution in [0.25, 0.3) is 0 Å². The Kier molecular flexibility index (Phi) is 5.32. The van der Waals surface area contributed by atoms with Crippen LogP contribution < -0.4 is 5.32 Å². The summed E-state index contributed by atoms with van der Waals surface area (Å²) < 4.78 is 5.45. The maximum Gasteiger partial charge on any atom is 0.0971 e. The number of hydrogen-bond donors (Lipinski definition) is 2. The summed E-state index contributed by atoms with van der Waals surface area (Å²) in [5, 5.41) is 11.9. The van der Waals surface area contributed by atoms with Crippen LogP contribution in [0.3, 0.4) is 0 Å². The van der Waals surface area contributed by atoms with Crippen molar-refractivity contribution >= 4 is 0 Å². The molecule has 0 unspecified atom stereocenters. The zero-order chi connectivity index (χ0) is 11.1. The summed E-state index contributed by atoms with van der Waals surface area (Å²) in [6, 6.07) is 10.3. The molecule has 0 spiro atoms. The van der Waals surface area contributed by atoms with Crippen LogP contribution in [0.5, 0.6) is 0 Å². The second kappa shape index (κ2) is 6.56. The SMILES string of the molecule is CO[C@H](c1ccccc1)[C@H](C)NCCO. The summed E-state index contributed by atoms with van der Waals surface area (Å²) >= 11 is 0. The van der Waals surface area contributed by atoms with Gasteiger partial charge in [0.2, 0.25) is 0 Å². The largest absolute Gasteiger partial charge is 0.395 e. The van der Waals surface area contributed by atoms with Crippen LogP contribution in [0.15, 0.2) is 30.3 Å². The van der Waals surface area contributed by atoms with Gasteiger partial charge in [-0.15, -0.1) is 0 Å². The van der Waals surface area contributed by atoms with Gasteiger partial charge in [-0.25, -0.2) is 0 Å². The van der Waals surface area contributed by atoms with Gasteiger partial charge in [0.05, 0.1) is 12.7 Å². The summed E-state index contributed by atoms with van der Waals surface area (Å²) in [6.07, 6.45) is 0.0257. The fourth-order valence-corrected chi connectivity index (χ4v) is 1.67. The molecular formula is C12H19NO2. The van der Waals surface area contributed by atoms with Crippen LogP contribution in [0.1, 0.15) is 18.6 Å². The number of aliphatic hydroxyl groups excluding tert-OH is 1. The summed E-state index contributed by atoms with van der Waals surface area (Å²) in [5.41, 5.74) is 1.15. The van der Waals surface area contributed by atoms with E-state index in [0.29, 0.717) is 6.54 Å². The Morgan fingerprint density at radius 2 is 2.00 bits per heavy atom. The fraction of sp³-hybridized carbons (Fsp3) is 0.500. The normalized spacial score (nSPS) is 14.9. The number of rotatable bonds is 6. The van der Waals surface area contributed by atoms with Gasteiger partial charge in [0.15, 0.2) is 0 Å². The van der Waals surface area contributed by atoms with Gasteiger partial charge in [0.1, 0.15) is 0 Å². The van der Waals surface area contributed by atoms with Crippen molar-refractivity contribution in [2.45, 2.75) is 19.1 Å². The molecule has 2 N–H and O–H groups in total. The van der Waals surface area contributed by atoms with Gasteiger partial charge in [0, 0.05) is 19.7 Å². The molecule has 0 fully saturated rings. The van der Waals surface area contributed by atoms with Crippen molar-refractivity contribution in [3.63, 3.8) is 0 Å². The zero-order valence-electron chi connectivity index (χ0n) is 9.31. The van der Waals surface area contributed by atoms with E-state index in [0.717, 1.165) is 5.56 Å². The molecule has 0 heterocycles. The maximum atomic E-state index is 8.74. The Hall–Kier alpha value is -0.900. The minimum atomic E-state index is 0.0257. The van der Waals surface area contributed by atoms with E-state index in [1.807, 2.05) is 30.3 Å². The lowest BCUT2D eigenvalue weighted by atomic mass is 10.0. The van der Waals surface area contributed by atoms with Crippen molar-refractivity contribution in [3.8, 4) is 0 Å². The van der Waals surface area contributed by atoms with Gasteiger partial charge in [-0.2, -0.15) is 0 Å². The first-order valence-corrected chi connectivity index (χ1v) is 5.21. The molecule has 1 rings (SSSR count). The van der Waals surface area contributed by atoms with Crippen LogP contribution in [0.2, 0.25) is 0 Å². The molecule has 3 nitrogen and oxygen atoms in total. The molecule has 0 aliphatic carbocycles. The molecule has 3 heteroatoms. The average molecular weight is 209 g/mol. The molecule has 0 aromatic heterocycles. The van der Waals surface area contributed by atoms with Gasteiger partial charge < -0.3 is 15.2 Å². The third kappa shape index (κ3) is 3.63. The minimum Gasteiger partial charge on any atom is -0.395 e. The molecule has 1 aromatic rings. The maximum absolute atomic E-state index is 8.74. The second-order valence-electron chi connectivity index (χ2n) is 3.53. The first-order valence-electron chi connectivity index (χ1n) is 5.21. The average Bonchev–Trinajstić information content (AvgIpc) is 2.29. The monoisotopic (exact) mass is 209 g/mol. The highest BCUT2D eigenvalue weighted by Crippen LogP contribution is 2.19. The predicted octanol–water partition coefficient (Wildman–Crippen LogP) is 1.34. The summed E-state index contributed by atoms with van der Waals surface area (Å²) in [6.45, 7) is 2.79. The molecular weight excluding hydrogens is 190 g/mol. The molecule has 15 heavy (non-hydrogen) atoms. The minimum absolute atomic E-state index is 0.0257. The topological polar surface area (TPSA) is 41.5 Å². The number of ether oxygens (including phenoxy) is 1. The predicted molar refractivity (Wildman–Crippen MR) is 60.7 cm³/mol. The molecule has 2 atom stereocenters. The molecule has 0 bridgehead atoms. The summed E-state index contributed by atoms with van der Waals surface area (Å²) in [7, 11) is 1.70. The molecule has 84 valence electrons. The molecule has 0 radical (unpaired) electrons. The van der Waals surface area contributed by atoms with E-state index < -0.39 is 0 Å². The number of methoxy groups -OCH3 is 1. The molecule has 0 aliphatic heterocycles. The van der Waals surface area contributed by atoms with Gasteiger partial charge >= 0.3 is 0 Å². The zero-order valence-corrected chi connectivity index (χ0v) is 9.31. The van der Waals surface area contributed by atoms with E-state index in [2.05, 4.69) is 12.2 Å². The Labute approximate surface area is 91.1 Å². The lowest BCUT2D eigenvalue weighted by Gasteiger charge is -2.23. The number of benzene rings is 1. The Morgan fingerprint density at radius 1 is 1.33 bits per heavy atom. The van der Waals surface area contributed by atoms with E-state index in [-0.39, 0.29) is 18.8 Å². The molecule has 0 aliphatic rings. The second-order valence-corrected chi connectivity index (χ2v) is 3.53. The summed E-state index contributed by atoms with van der Waals surface area (Å²) in [4.78, 5) is 0. The number of nitrogens with one attached hydrogen (secondary N) is 1. The van der Waals surface area contributed by atoms with Gasteiger partial charge in [0.25, 0.3) is 0 Å². The first-order chi connectivity index (χ1) is 7.29. The van der Waals surface area contributed by atoms with Gasteiger partial charge in [-0.05, 0) is 12.5 Å². The lowest BCUT2D eigenvalue weighted by molar-refractivity contribution is 0.0718. The molecule has 1 aromatic carbocycles. The van der Waals surface area contributed by atoms with Crippen LogP contribution >= 0.6 is 0 Å². The standard InChI is InChI=1S/C12H19NO2/c1-10(13-8-9-14)12(15-2)11-6-4-3-5-7-11/h3-7,10,12-14H,8-9H2,1-2H3/t10-,12-/m0/s1. The lowest BCUT2D eigenvalue weighted by Crippen LogP contribution is -2.34.